The summed E-state index contributed by atoms with van der Waals surface area (Å²) in [5.41, 5.74) is 2.13. The quantitative estimate of drug-likeness (QED) is 0.479. The third-order valence-electron chi connectivity index (χ3n) is 4.35. The third-order valence-corrected chi connectivity index (χ3v) is 5.83. The lowest BCUT2D eigenvalue weighted by atomic mass is 10.0. The first kappa shape index (κ1) is 21.4. The normalized spacial score (nSPS) is 11.5. The Hall–Kier alpha value is -0.940. The predicted molar refractivity (Wildman–Crippen MR) is 113 cm³/mol. The number of halogens is 3. The second-order valence-corrected chi connectivity index (χ2v) is 8.39. The molecule has 0 aliphatic carbocycles. The maximum absolute atomic E-state index is 6.06. The standard InChI is InChI=1S/C20H24BrCl2NO2/c1-5-20(2,3)24-11-14-9-18(25-4)19(10-15(14)21)26-12-13-6-7-16(22)17(23)8-13/h6-10,24H,5,11-12H2,1-4H3. The fraction of sp³-hybridized carbons (Fsp3) is 0.400. The molecule has 0 saturated carbocycles. The van der Waals surface area contributed by atoms with Gasteiger partial charge >= 0.3 is 0 Å². The highest BCUT2D eigenvalue weighted by Crippen LogP contribution is 2.34. The van der Waals surface area contributed by atoms with Gasteiger partial charge in [0.1, 0.15) is 6.61 Å². The molecule has 3 nitrogen and oxygen atoms in total. The number of nitrogens with one attached hydrogen (secondary N) is 1. The van der Waals surface area contributed by atoms with Crippen molar-refractivity contribution in [3.63, 3.8) is 0 Å². The minimum Gasteiger partial charge on any atom is -0.493 e. The van der Waals surface area contributed by atoms with Crippen LogP contribution in [-0.2, 0) is 13.2 Å². The highest BCUT2D eigenvalue weighted by atomic mass is 79.9. The lowest BCUT2D eigenvalue weighted by Crippen LogP contribution is -2.37. The van der Waals surface area contributed by atoms with Crippen LogP contribution < -0.4 is 14.8 Å². The van der Waals surface area contributed by atoms with Gasteiger partial charge in [0.2, 0.25) is 0 Å². The summed E-state index contributed by atoms with van der Waals surface area (Å²) in [5.74, 6) is 1.36. The predicted octanol–water partition coefficient (Wildman–Crippen LogP) is 6.62. The average molecular weight is 461 g/mol. The van der Waals surface area contributed by atoms with E-state index in [1.807, 2.05) is 18.2 Å². The summed E-state index contributed by atoms with van der Waals surface area (Å²) in [6, 6.07) is 9.39. The van der Waals surface area contributed by atoms with Crippen LogP contribution in [0.4, 0.5) is 0 Å². The molecule has 0 atom stereocenters. The number of methoxy groups -OCH3 is 1. The van der Waals surface area contributed by atoms with Crippen LogP contribution in [0.25, 0.3) is 0 Å². The van der Waals surface area contributed by atoms with E-state index in [2.05, 4.69) is 42.0 Å². The first-order valence-corrected chi connectivity index (χ1v) is 9.99. The van der Waals surface area contributed by atoms with E-state index in [9.17, 15) is 0 Å². The van der Waals surface area contributed by atoms with Gasteiger partial charge in [-0.1, -0.05) is 52.1 Å². The van der Waals surface area contributed by atoms with Crippen LogP contribution in [0.2, 0.25) is 10.0 Å². The molecule has 2 rings (SSSR count). The Balaban J connectivity index is 2.13. The summed E-state index contributed by atoms with van der Waals surface area (Å²) < 4.78 is 12.4. The Morgan fingerprint density at radius 2 is 1.81 bits per heavy atom. The lowest BCUT2D eigenvalue weighted by Gasteiger charge is -2.25. The molecule has 0 spiro atoms. The van der Waals surface area contributed by atoms with E-state index in [1.165, 1.54) is 0 Å². The molecule has 0 unspecified atom stereocenters. The molecule has 2 aromatic rings. The van der Waals surface area contributed by atoms with E-state index in [4.69, 9.17) is 32.7 Å². The zero-order valence-corrected chi connectivity index (χ0v) is 18.6. The molecule has 0 radical (unpaired) electrons. The SMILES string of the molecule is CCC(C)(C)NCc1cc(OC)c(OCc2ccc(Cl)c(Cl)c2)cc1Br. The van der Waals surface area contributed by atoms with Crippen molar-refractivity contribution in [3.8, 4) is 11.5 Å². The molecule has 1 N–H and O–H groups in total. The van der Waals surface area contributed by atoms with Crippen molar-refractivity contribution in [1.29, 1.82) is 0 Å². The van der Waals surface area contributed by atoms with Gasteiger partial charge in [-0.05, 0) is 55.7 Å². The molecule has 0 fully saturated rings. The van der Waals surface area contributed by atoms with E-state index < -0.39 is 0 Å². The van der Waals surface area contributed by atoms with Crippen LogP contribution in [0.5, 0.6) is 11.5 Å². The van der Waals surface area contributed by atoms with Crippen molar-refractivity contribution in [1.82, 2.24) is 5.32 Å². The second-order valence-electron chi connectivity index (χ2n) is 6.72. The average Bonchev–Trinajstić information content (AvgIpc) is 2.61. The number of rotatable bonds is 8. The Kier molecular flexibility index (Phi) is 7.65. The highest BCUT2D eigenvalue weighted by Gasteiger charge is 2.16. The number of ether oxygens (including phenoxy) is 2. The topological polar surface area (TPSA) is 30.5 Å². The van der Waals surface area contributed by atoms with E-state index in [-0.39, 0.29) is 5.54 Å². The van der Waals surface area contributed by atoms with Gasteiger partial charge in [0, 0.05) is 16.6 Å². The number of hydrogen-bond acceptors (Lipinski definition) is 3. The Bertz CT molecular complexity index is 766. The van der Waals surface area contributed by atoms with E-state index in [1.54, 1.807) is 19.2 Å². The third kappa shape index (κ3) is 5.78. The summed E-state index contributed by atoms with van der Waals surface area (Å²) in [6.07, 6.45) is 1.05. The van der Waals surface area contributed by atoms with Crippen LogP contribution >= 0.6 is 39.1 Å². The smallest absolute Gasteiger partial charge is 0.162 e. The molecule has 0 heterocycles. The fourth-order valence-electron chi connectivity index (χ4n) is 2.24. The monoisotopic (exact) mass is 459 g/mol. The molecule has 0 aliphatic heterocycles. The summed E-state index contributed by atoms with van der Waals surface area (Å²) >= 11 is 15.6. The fourth-order valence-corrected chi connectivity index (χ4v) is 3.02. The van der Waals surface area contributed by atoms with Crippen LogP contribution in [0.3, 0.4) is 0 Å². The van der Waals surface area contributed by atoms with Gasteiger partial charge in [-0.15, -0.1) is 0 Å². The molecule has 6 heteroatoms. The molecular weight excluding hydrogens is 437 g/mol. The van der Waals surface area contributed by atoms with Gasteiger partial charge in [-0.3, -0.25) is 0 Å². The van der Waals surface area contributed by atoms with Crippen molar-refractivity contribution in [2.45, 2.75) is 45.9 Å². The highest BCUT2D eigenvalue weighted by molar-refractivity contribution is 9.10. The molecule has 0 amide bonds. The lowest BCUT2D eigenvalue weighted by molar-refractivity contribution is 0.284. The number of benzene rings is 2. The zero-order chi connectivity index (χ0) is 19.3. The van der Waals surface area contributed by atoms with Gasteiger partial charge in [-0.2, -0.15) is 0 Å². The zero-order valence-electron chi connectivity index (χ0n) is 15.5. The summed E-state index contributed by atoms with van der Waals surface area (Å²) in [5, 5.41) is 4.60. The first-order valence-electron chi connectivity index (χ1n) is 8.44. The Morgan fingerprint density at radius 3 is 2.42 bits per heavy atom. The maximum atomic E-state index is 6.06. The Morgan fingerprint density at radius 1 is 1.08 bits per heavy atom. The van der Waals surface area contributed by atoms with Gasteiger partial charge in [0.05, 0.1) is 17.2 Å². The summed E-state index contributed by atoms with van der Waals surface area (Å²) in [4.78, 5) is 0. The van der Waals surface area contributed by atoms with Crippen LogP contribution in [-0.4, -0.2) is 12.6 Å². The van der Waals surface area contributed by atoms with Crippen molar-refractivity contribution in [2.75, 3.05) is 7.11 Å². The number of hydrogen-bond donors (Lipinski definition) is 1. The van der Waals surface area contributed by atoms with Gasteiger partial charge in [0.25, 0.3) is 0 Å². The second kappa shape index (κ2) is 9.32. The molecule has 0 aliphatic rings. The van der Waals surface area contributed by atoms with Crippen molar-refractivity contribution < 1.29 is 9.47 Å². The summed E-state index contributed by atoms with van der Waals surface area (Å²) in [7, 11) is 1.64. The van der Waals surface area contributed by atoms with Crippen molar-refractivity contribution in [3.05, 3.63) is 56.0 Å². The molecule has 0 aromatic heterocycles. The van der Waals surface area contributed by atoms with Gasteiger partial charge in [-0.25, -0.2) is 0 Å². The molecule has 0 bridgehead atoms. The van der Waals surface area contributed by atoms with E-state index in [0.29, 0.717) is 28.2 Å². The molecule has 2 aromatic carbocycles. The molecule has 142 valence electrons. The minimum absolute atomic E-state index is 0.0791. The van der Waals surface area contributed by atoms with Crippen molar-refractivity contribution in [2.24, 2.45) is 0 Å². The van der Waals surface area contributed by atoms with Crippen LogP contribution in [0.15, 0.2) is 34.8 Å². The van der Waals surface area contributed by atoms with E-state index >= 15 is 0 Å². The largest absolute Gasteiger partial charge is 0.493 e. The van der Waals surface area contributed by atoms with Gasteiger partial charge in [0.15, 0.2) is 11.5 Å². The van der Waals surface area contributed by atoms with Crippen LogP contribution in [0, 0.1) is 0 Å². The molecule has 26 heavy (non-hydrogen) atoms. The molecule has 0 saturated heterocycles. The molecular formula is C20H24BrCl2NO2. The van der Waals surface area contributed by atoms with Crippen molar-refractivity contribution >= 4 is 39.1 Å². The maximum Gasteiger partial charge on any atom is 0.162 e. The van der Waals surface area contributed by atoms with Crippen LogP contribution in [0.1, 0.15) is 38.3 Å². The summed E-state index contributed by atoms with van der Waals surface area (Å²) in [6.45, 7) is 7.66. The van der Waals surface area contributed by atoms with Gasteiger partial charge < -0.3 is 14.8 Å². The first-order chi connectivity index (χ1) is 12.3. The minimum atomic E-state index is 0.0791. The Labute approximate surface area is 174 Å². The van der Waals surface area contributed by atoms with E-state index in [0.717, 1.165) is 28.6 Å².